The van der Waals surface area contributed by atoms with Crippen molar-refractivity contribution >= 4 is 11.6 Å². The van der Waals surface area contributed by atoms with Crippen LogP contribution in [0.15, 0.2) is 60.9 Å². The fraction of sp³-hybridized carbons (Fsp3) is 0.304. The van der Waals surface area contributed by atoms with Gasteiger partial charge in [-0.1, -0.05) is 24.3 Å². The molecule has 1 N–H and O–H groups in total. The molecule has 144 valence electrons. The maximum atomic E-state index is 12.5. The highest BCUT2D eigenvalue weighted by atomic mass is 16.5. The number of nitrogens with one attached hydrogen (secondary N) is 1. The number of hydrogen-bond acceptors (Lipinski definition) is 3. The average Bonchev–Trinajstić information content (AvgIpc) is 3.22. The molecule has 0 saturated heterocycles. The summed E-state index contributed by atoms with van der Waals surface area (Å²) >= 11 is 0. The number of rotatable bonds is 7. The Balaban J connectivity index is 1.31. The van der Waals surface area contributed by atoms with E-state index in [4.69, 9.17) is 4.74 Å². The Kier molecular flexibility index (Phi) is 5.71. The van der Waals surface area contributed by atoms with Crippen LogP contribution in [0, 0.1) is 0 Å². The standard InChI is InChI=1S/C23H25N3O2/c27-23(16-18-9-10-19-5-1-2-6-20(19)15-18)25-21-7-3-8-22(17-21)28-14-13-26-12-4-11-24-26/h3-4,7-12,15,17H,1-2,5-6,13-14,16H2,(H,25,27). The number of nitrogens with zero attached hydrogens (tertiary/aromatic N) is 2. The van der Waals surface area contributed by atoms with Gasteiger partial charge in [0, 0.05) is 24.1 Å². The van der Waals surface area contributed by atoms with Crippen molar-refractivity contribution < 1.29 is 9.53 Å². The SMILES string of the molecule is O=C(Cc1ccc2c(c1)CCCC2)Nc1cccc(OCCn2cccn2)c1. The number of amides is 1. The van der Waals surface area contributed by atoms with E-state index in [9.17, 15) is 4.79 Å². The van der Waals surface area contributed by atoms with Gasteiger partial charge in [0.05, 0.1) is 13.0 Å². The summed E-state index contributed by atoms with van der Waals surface area (Å²) in [6.45, 7) is 1.20. The molecule has 28 heavy (non-hydrogen) atoms. The number of hydrogen-bond donors (Lipinski definition) is 1. The van der Waals surface area contributed by atoms with Crippen molar-refractivity contribution in [1.82, 2.24) is 9.78 Å². The molecule has 2 aromatic carbocycles. The number of aryl methyl sites for hydroxylation is 2. The molecule has 5 heteroatoms. The molecule has 0 radical (unpaired) electrons. The van der Waals surface area contributed by atoms with Crippen LogP contribution in [0.5, 0.6) is 5.75 Å². The minimum atomic E-state index is -0.00977. The van der Waals surface area contributed by atoms with E-state index >= 15 is 0 Å². The first kappa shape index (κ1) is 18.3. The van der Waals surface area contributed by atoms with E-state index in [2.05, 4.69) is 28.6 Å². The van der Waals surface area contributed by atoms with E-state index in [1.165, 1.54) is 24.0 Å². The van der Waals surface area contributed by atoms with Crippen LogP contribution >= 0.6 is 0 Å². The Hall–Kier alpha value is -3.08. The number of aromatic nitrogens is 2. The number of anilines is 1. The van der Waals surface area contributed by atoms with Crippen molar-refractivity contribution in [3.05, 3.63) is 77.6 Å². The molecule has 0 spiro atoms. The van der Waals surface area contributed by atoms with Crippen LogP contribution in [0.4, 0.5) is 5.69 Å². The van der Waals surface area contributed by atoms with Gasteiger partial charge in [0.2, 0.25) is 5.91 Å². The molecule has 0 aliphatic heterocycles. The quantitative estimate of drug-likeness (QED) is 0.678. The molecule has 4 rings (SSSR count). The topological polar surface area (TPSA) is 56.1 Å². The molecule has 1 aromatic heterocycles. The summed E-state index contributed by atoms with van der Waals surface area (Å²) in [7, 11) is 0. The van der Waals surface area contributed by atoms with Crippen molar-refractivity contribution in [2.24, 2.45) is 0 Å². The summed E-state index contributed by atoms with van der Waals surface area (Å²) in [4.78, 5) is 12.5. The maximum Gasteiger partial charge on any atom is 0.228 e. The highest BCUT2D eigenvalue weighted by Crippen LogP contribution is 2.23. The van der Waals surface area contributed by atoms with E-state index in [0.717, 1.165) is 29.8 Å². The molecule has 1 heterocycles. The predicted octanol–water partition coefficient (Wildman–Crippen LogP) is 4.02. The third-order valence-electron chi connectivity index (χ3n) is 5.04. The Morgan fingerprint density at radius 2 is 1.96 bits per heavy atom. The lowest BCUT2D eigenvalue weighted by atomic mass is 9.90. The van der Waals surface area contributed by atoms with E-state index in [-0.39, 0.29) is 5.91 Å². The van der Waals surface area contributed by atoms with Crippen molar-refractivity contribution in [3.8, 4) is 5.75 Å². The Bertz CT molecular complexity index is 935. The highest BCUT2D eigenvalue weighted by Gasteiger charge is 2.11. The van der Waals surface area contributed by atoms with E-state index in [1.54, 1.807) is 6.20 Å². The second kappa shape index (κ2) is 8.74. The zero-order valence-corrected chi connectivity index (χ0v) is 15.9. The fourth-order valence-electron chi connectivity index (χ4n) is 3.64. The highest BCUT2D eigenvalue weighted by molar-refractivity contribution is 5.92. The van der Waals surface area contributed by atoms with E-state index in [0.29, 0.717) is 19.6 Å². The van der Waals surface area contributed by atoms with E-state index < -0.39 is 0 Å². The Morgan fingerprint density at radius 1 is 1.07 bits per heavy atom. The lowest BCUT2D eigenvalue weighted by Gasteiger charge is -2.16. The summed E-state index contributed by atoms with van der Waals surface area (Å²) in [6, 6.07) is 15.9. The zero-order valence-electron chi connectivity index (χ0n) is 15.9. The fourth-order valence-corrected chi connectivity index (χ4v) is 3.64. The van der Waals surface area contributed by atoms with Crippen molar-refractivity contribution in [2.75, 3.05) is 11.9 Å². The first-order chi connectivity index (χ1) is 13.8. The maximum absolute atomic E-state index is 12.5. The summed E-state index contributed by atoms with van der Waals surface area (Å²) in [5.74, 6) is 0.725. The van der Waals surface area contributed by atoms with Gasteiger partial charge < -0.3 is 10.1 Å². The molecule has 0 bridgehead atoms. The number of benzene rings is 2. The van der Waals surface area contributed by atoms with Gasteiger partial charge in [-0.05, 0) is 60.6 Å². The molecule has 1 amide bonds. The van der Waals surface area contributed by atoms with Gasteiger partial charge >= 0.3 is 0 Å². The van der Waals surface area contributed by atoms with Crippen LogP contribution in [0.3, 0.4) is 0 Å². The number of carbonyl (C=O) groups is 1. The van der Waals surface area contributed by atoms with Crippen molar-refractivity contribution in [2.45, 2.75) is 38.6 Å². The van der Waals surface area contributed by atoms with Crippen molar-refractivity contribution in [3.63, 3.8) is 0 Å². The van der Waals surface area contributed by atoms with Gasteiger partial charge in [-0.25, -0.2) is 0 Å². The molecule has 0 saturated carbocycles. The smallest absolute Gasteiger partial charge is 0.228 e. The normalized spacial score (nSPS) is 13.0. The summed E-state index contributed by atoms with van der Waals surface area (Å²) in [6.07, 6.45) is 8.85. The van der Waals surface area contributed by atoms with Crippen LogP contribution in [-0.2, 0) is 30.6 Å². The lowest BCUT2D eigenvalue weighted by Crippen LogP contribution is -2.15. The van der Waals surface area contributed by atoms with Crippen LogP contribution in [-0.4, -0.2) is 22.3 Å². The summed E-state index contributed by atoms with van der Waals surface area (Å²) in [5.41, 5.74) is 4.67. The Morgan fingerprint density at radius 3 is 2.82 bits per heavy atom. The number of ether oxygens (including phenoxy) is 1. The molecule has 1 aliphatic carbocycles. The molecule has 3 aromatic rings. The largest absolute Gasteiger partial charge is 0.492 e. The predicted molar refractivity (Wildman–Crippen MR) is 110 cm³/mol. The Labute approximate surface area is 165 Å². The second-order valence-corrected chi connectivity index (χ2v) is 7.18. The van der Waals surface area contributed by atoms with Crippen LogP contribution in [0.25, 0.3) is 0 Å². The van der Waals surface area contributed by atoms with Gasteiger partial charge in [0.25, 0.3) is 0 Å². The van der Waals surface area contributed by atoms with Gasteiger partial charge in [0.1, 0.15) is 12.4 Å². The molecule has 0 fully saturated rings. The second-order valence-electron chi connectivity index (χ2n) is 7.18. The molecule has 0 unspecified atom stereocenters. The van der Waals surface area contributed by atoms with E-state index in [1.807, 2.05) is 41.2 Å². The lowest BCUT2D eigenvalue weighted by molar-refractivity contribution is -0.115. The van der Waals surface area contributed by atoms with Crippen LogP contribution in [0.2, 0.25) is 0 Å². The van der Waals surface area contributed by atoms with Crippen LogP contribution < -0.4 is 10.1 Å². The van der Waals surface area contributed by atoms with Crippen LogP contribution in [0.1, 0.15) is 29.5 Å². The number of fused-ring (bicyclic) bond motifs is 1. The minimum Gasteiger partial charge on any atom is -0.492 e. The van der Waals surface area contributed by atoms with Crippen molar-refractivity contribution in [1.29, 1.82) is 0 Å². The minimum absolute atomic E-state index is 0.00977. The third kappa shape index (κ3) is 4.80. The molecular formula is C23H25N3O2. The van der Waals surface area contributed by atoms with Gasteiger partial charge in [-0.3, -0.25) is 9.48 Å². The summed E-state index contributed by atoms with van der Waals surface area (Å²) in [5, 5.41) is 7.13. The molecular weight excluding hydrogens is 350 g/mol. The third-order valence-corrected chi connectivity index (χ3v) is 5.04. The van der Waals surface area contributed by atoms with Gasteiger partial charge in [-0.2, -0.15) is 5.10 Å². The van der Waals surface area contributed by atoms with Gasteiger partial charge in [-0.15, -0.1) is 0 Å². The molecule has 5 nitrogen and oxygen atoms in total. The first-order valence-corrected chi connectivity index (χ1v) is 9.87. The molecule has 1 aliphatic rings. The monoisotopic (exact) mass is 375 g/mol. The summed E-state index contributed by atoms with van der Waals surface area (Å²) < 4.78 is 7.59. The first-order valence-electron chi connectivity index (χ1n) is 9.87. The number of carbonyl (C=O) groups excluding carboxylic acids is 1. The average molecular weight is 375 g/mol. The zero-order chi connectivity index (χ0) is 19.2. The molecule has 0 atom stereocenters. The van der Waals surface area contributed by atoms with Gasteiger partial charge in [0.15, 0.2) is 0 Å².